The van der Waals surface area contributed by atoms with Gasteiger partial charge in [-0.1, -0.05) is 12.1 Å². The molecule has 1 fully saturated rings. The zero-order chi connectivity index (χ0) is 17.9. The van der Waals surface area contributed by atoms with E-state index in [0.717, 1.165) is 56.4 Å². The number of ether oxygens (including phenoxy) is 2. The van der Waals surface area contributed by atoms with E-state index in [0.29, 0.717) is 19.3 Å². The summed E-state index contributed by atoms with van der Waals surface area (Å²) < 4.78 is 11.4. The third-order valence-electron chi connectivity index (χ3n) is 3.99. The lowest BCUT2D eigenvalue weighted by Gasteiger charge is -2.15. The zero-order valence-electron chi connectivity index (χ0n) is 15.8. The maximum absolute atomic E-state index is 5.79. The van der Waals surface area contributed by atoms with Crippen LogP contribution in [0.2, 0.25) is 0 Å². The molecule has 25 heavy (non-hydrogen) atoms. The number of likely N-dealkylation sites (N-methyl/N-ethyl adjacent to an activating group) is 1. The lowest BCUT2D eigenvalue weighted by Crippen LogP contribution is -2.41. The van der Waals surface area contributed by atoms with Crippen LogP contribution in [0.5, 0.6) is 5.75 Å². The number of hydrogen-bond acceptors (Lipinski definition) is 4. The monoisotopic (exact) mass is 348 g/mol. The van der Waals surface area contributed by atoms with Gasteiger partial charge in [-0.25, -0.2) is 4.99 Å². The van der Waals surface area contributed by atoms with Crippen LogP contribution >= 0.6 is 0 Å². The summed E-state index contributed by atoms with van der Waals surface area (Å²) in [6.07, 6.45) is 2.58. The van der Waals surface area contributed by atoms with E-state index in [2.05, 4.69) is 39.6 Å². The highest BCUT2D eigenvalue weighted by molar-refractivity contribution is 5.79. The Labute approximate surface area is 151 Å². The predicted octanol–water partition coefficient (Wildman–Crippen LogP) is 1.86. The van der Waals surface area contributed by atoms with Crippen LogP contribution in [-0.4, -0.2) is 63.9 Å². The Morgan fingerprint density at radius 2 is 2.24 bits per heavy atom. The van der Waals surface area contributed by atoms with Crippen molar-refractivity contribution in [3.63, 3.8) is 0 Å². The number of hydrogen-bond donors (Lipinski definition) is 2. The normalized spacial score (nSPS) is 17.8. The van der Waals surface area contributed by atoms with Crippen LogP contribution in [0, 0.1) is 0 Å². The maximum atomic E-state index is 5.79. The summed E-state index contributed by atoms with van der Waals surface area (Å²) in [7, 11) is 4.08. The molecule has 6 nitrogen and oxygen atoms in total. The van der Waals surface area contributed by atoms with E-state index < -0.39 is 0 Å². The fourth-order valence-electron chi connectivity index (χ4n) is 2.61. The smallest absolute Gasteiger partial charge is 0.191 e. The van der Waals surface area contributed by atoms with Crippen molar-refractivity contribution in [3.8, 4) is 5.75 Å². The van der Waals surface area contributed by atoms with Gasteiger partial charge in [-0.15, -0.1) is 0 Å². The second-order valence-electron chi connectivity index (χ2n) is 6.51. The number of benzene rings is 1. The Kier molecular flexibility index (Phi) is 8.55. The van der Waals surface area contributed by atoms with E-state index in [1.807, 2.05) is 26.2 Å². The van der Waals surface area contributed by atoms with Crippen molar-refractivity contribution in [2.45, 2.75) is 32.4 Å². The molecule has 6 heteroatoms. The van der Waals surface area contributed by atoms with Crippen molar-refractivity contribution in [1.29, 1.82) is 0 Å². The summed E-state index contributed by atoms with van der Waals surface area (Å²) in [5.41, 5.74) is 1.14. The number of nitrogens with one attached hydrogen (secondary N) is 2. The predicted molar refractivity (Wildman–Crippen MR) is 102 cm³/mol. The molecule has 1 atom stereocenters. The molecule has 0 amide bonds. The molecular formula is C19H32N4O2. The molecule has 0 saturated carbocycles. The van der Waals surface area contributed by atoms with Crippen LogP contribution in [0.4, 0.5) is 0 Å². The van der Waals surface area contributed by atoms with Gasteiger partial charge in [0.25, 0.3) is 0 Å². The van der Waals surface area contributed by atoms with Gasteiger partial charge in [0.05, 0.1) is 12.6 Å². The minimum Gasteiger partial charge on any atom is -0.492 e. The van der Waals surface area contributed by atoms with Crippen molar-refractivity contribution in [3.05, 3.63) is 29.8 Å². The van der Waals surface area contributed by atoms with Crippen LogP contribution in [0.15, 0.2) is 29.3 Å². The summed E-state index contributed by atoms with van der Waals surface area (Å²) in [5.74, 6) is 1.73. The molecule has 0 spiro atoms. The molecule has 1 aliphatic heterocycles. The highest BCUT2D eigenvalue weighted by Crippen LogP contribution is 2.14. The van der Waals surface area contributed by atoms with Gasteiger partial charge in [-0.3, -0.25) is 0 Å². The van der Waals surface area contributed by atoms with E-state index in [1.54, 1.807) is 0 Å². The van der Waals surface area contributed by atoms with Crippen LogP contribution in [0.3, 0.4) is 0 Å². The molecule has 0 aromatic heterocycles. The Hall–Kier alpha value is -1.79. The van der Waals surface area contributed by atoms with Gasteiger partial charge < -0.3 is 25.0 Å². The van der Waals surface area contributed by atoms with Crippen LogP contribution in [-0.2, 0) is 11.3 Å². The molecule has 1 saturated heterocycles. The first kappa shape index (κ1) is 19.5. The summed E-state index contributed by atoms with van der Waals surface area (Å²) in [6, 6.07) is 8.14. The van der Waals surface area contributed by atoms with Crippen molar-refractivity contribution in [1.82, 2.24) is 15.5 Å². The van der Waals surface area contributed by atoms with Crippen LogP contribution in [0.25, 0.3) is 0 Å². The summed E-state index contributed by atoms with van der Waals surface area (Å²) in [5, 5.41) is 6.66. The lowest BCUT2D eigenvalue weighted by atomic mass is 10.2. The first-order valence-electron chi connectivity index (χ1n) is 9.17. The van der Waals surface area contributed by atoms with E-state index in [1.165, 1.54) is 0 Å². The quantitative estimate of drug-likeness (QED) is 0.527. The third kappa shape index (κ3) is 7.75. The Bertz CT molecular complexity index is 528. The van der Waals surface area contributed by atoms with E-state index in [9.17, 15) is 0 Å². The number of nitrogens with zero attached hydrogens (tertiary/aromatic N) is 2. The minimum absolute atomic E-state index is 0.303. The molecule has 0 radical (unpaired) electrons. The van der Waals surface area contributed by atoms with Crippen molar-refractivity contribution >= 4 is 5.96 Å². The molecule has 2 N–H and O–H groups in total. The maximum Gasteiger partial charge on any atom is 0.191 e. The van der Waals surface area contributed by atoms with Crippen molar-refractivity contribution in [2.75, 3.05) is 46.9 Å². The third-order valence-corrected chi connectivity index (χ3v) is 3.99. The molecule has 1 aliphatic rings. The molecule has 140 valence electrons. The number of rotatable bonds is 9. The molecule has 1 heterocycles. The lowest BCUT2D eigenvalue weighted by molar-refractivity contribution is 0.114. The SMILES string of the molecule is CCNC(=NCc1cccc(OCCN(C)C)c1)NCC1CCCO1. The summed E-state index contributed by atoms with van der Waals surface area (Å²) in [4.78, 5) is 6.78. The first-order chi connectivity index (χ1) is 12.2. The molecule has 1 aromatic rings. The minimum atomic E-state index is 0.303. The summed E-state index contributed by atoms with van der Waals surface area (Å²) >= 11 is 0. The zero-order valence-corrected chi connectivity index (χ0v) is 15.8. The second kappa shape index (κ2) is 10.9. The molecule has 0 bridgehead atoms. The fourth-order valence-corrected chi connectivity index (χ4v) is 2.61. The van der Waals surface area contributed by atoms with Gasteiger partial charge in [0, 0.05) is 26.2 Å². The van der Waals surface area contributed by atoms with Gasteiger partial charge in [-0.2, -0.15) is 0 Å². The van der Waals surface area contributed by atoms with Crippen LogP contribution < -0.4 is 15.4 Å². The number of aliphatic imine (C=N–C) groups is 1. The Morgan fingerprint density at radius 3 is 2.96 bits per heavy atom. The first-order valence-corrected chi connectivity index (χ1v) is 9.17. The summed E-state index contributed by atoms with van der Waals surface area (Å²) in [6.45, 7) is 6.80. The van der Waals surface area contributed by atoms with Gasteiger partial charge in [0.1, 0.15) is 12.4 Å². The highest BCUT2D eigenvalue weighted by atomic mass is 16.5. The highest BCUT2D eigenvalue weighted by Gasteiger charge is 2.15. The second-order valence-corrected chi connectivity index (χ2v) is 6.51. The fraction of sp³-hybridized carbons (Fsp3) is 0.632. The van der Waals surface area contributed by atoms with Crippen LogP contribution in [0.1, 0.15) is 25.3 Å². The molecule has 2 rings (SSSR count). The van der Waals surface area contributed by atoms with E-state index >= 15 is 0 Å². The Morgan fingerprint density at radius 1 is 1.36 bits per heavy atom. The molecule has 0 aliphatic carbocycles. The van der Waals surface area contributed by atoms with Gasteiger partial charge in [0.15, 0.2) is 5.96 Å². The number of guanidine groups is 1. The van der Waals surface area contributed by atoms with Gasteiger partial charge in [0.2, 0.25) is 0 Å². The standard InChI is InChI=1S/C19H32N4O2/c1-4-20-19(22-15-18-9-6-11-24-18)21-14-16-7-5-8-17(13-16)25-12-10-23(2)3/h5,7-8,13,18H,4,6,9-12,14-15H2,1-3H3,(H2,20,21,22). The van der Waals surface area contributed by atoms with E-state index in [4.69, 9.17) is 9.47 Å². The average Bonchev–Trinajstić information content (AvgIpc) is 3.11. The van der Waals surface area contributed by atoms with Gasteiger partial charge in [-0.05, 0) is 51.6 Å². The van der Waals surface area contributed by atoms with Crippen molar-refractivity contribution < 1.29 is 9.47 Å². The molecule has 1 aromatic carbocycles. The molecular weight excluding hydrogens is 316 g/mol. The largest absolute Gasteiger partial charge is 0.492 e. The average molecular weight is 348 g/mol. The van der Waals surface area contributed by atoms with E-state index in [-0.39, 0.29) is 0 Å². The van der Waals surface area contributed by atoms with Gasteiger partial charge >= 0.3 is 0 Å². The topological polar surface area (TPSA) is 58.1 Å². The molecule has 1 unspecified atom stereocenters. The Balaban J connectivity index is 1.85. The van der Waals surface area contributed by atoms with Crippen molar-refractivity contribution in [2.24, 2.45) is 4.99 Å².